The second-order valence-corrected chi connectivity index (χ2v) is 26.5. The largest absolute Gasteiger partial charge is 0.457 e. The lowest BCUT2D eigenvalue weighted by molar-refractivity contribution is 0.378. The average Bonchev–Trinajstić information content (AvgIpc) is 3.43. The summed E-state index contributed by atoms with van der Waals surface area (Å²) in [7, 11) is -7.55. The minimum absolute atomic E-state index is 0.174. The van der Waals surface area contributed by atoms with Crippen molar-refractivity contribution in [1.82, 2.24) is 0 Å². The van der Waals surface area contributed by atoms with Gasteiger partial charge in [0.15, 0.2) is 0 Å². The molecular formula is C69H74O8P2. The van der Waals surface area contributed by atoms with Crippen molar-refractivity contribution in [2.45, 2.75) is 126 Å². The zero-order chi connectivity index (χ0) is 55.6. The molecule has 0 amide bonds. The molecule has 0 bridgehead atoms. The first-order valence-electron chi connectivity index (χ1n) is 27.9. The Morgan fingerprint density at radius 1 is 0.380 bits per heavy atom. The van der Waals surface area contributed by atoms with Crippen molar-refractivity contribution in [3.05, 3.63) is 235 Å². The number of rotatable bonds is 22. The lowest BCUT2D eigenvalue weighted by Gasteiger charge is -2.29. The van der Waals surface area contributed by atoms with E-state index in [0.717, 1.165) is 115 Å². The Balaban J connectivity index is 0.972. The van der Waals surface area contributed by atoms with E-state index in [2.05, 4.69) is 86.6 Å². The van der Waals surface area contributed by atoms with Gasteiger partial charge in [-0.2, -0.15) is 0 Å². The van der Waals surface area contributed by atoms with Crippen LogP contribution in [0.15, 0.2) is 146 Å². The standard InChI is InChI=1S/C69H74O8P2/c1-45-17-11-18-46(2)65(45)74-78(70,75-66-47(3)19-12-20-48(66)4)39-15-25-57-41-59(33-37-63(57)72-61-35-31-53-27-29-55(53)43-61)69(9,10)60-34-38-64(73-62-36-32-54-28-30-56(54)44-62)58(42-60)26-16-40-79(71,76-67-49(5)21-13-22-50(67)6)77-68-51(7)23-14-24-52(68)8/h11-14,17-24,31-38,41-44H,15-16,25-30,39-40H2,1-10H3. The molecule has 2 aliphatic carbocycles. The van der Waals surface area contributed by atoms with Gasteiger partial charge >= 0.3 is 15.2 Å². The molecule has 0 N–H and O–H groups in total. The number of ether oxygens (including phenoxy) is 2. The first-order chi connectivity index (χ1) is 37.8. The van der Waals surface area contributed by atoms with E-state index in [1.54, 1.807) is 0 Å². The fraction of sp³-hybridized carbons (Fsp3) is 0.304. The third-order valence-corrected chi connectivity index (χ3v) is 19.6. The van der Waals surface area contributed by atoms with Gasteiger partial charge in [0.05, 0.1) is 12.3 Å². The normalized spacial score (nSPS) is 12.9. The predicted octanol–water partition coefficient (Wildman–Crippen LogP) is 18.8. The molecule has 0 fully saturated rings. The lowest BCUT2D eigenvalue weighted by Crippen LogP contribution is -2.20. The zero-order valence-electron chi connectivity index (χ0n) is 47.6. The van der Waals surface area contributed by atoms with E-state index < -0.39 is 20.6 Å². The first kappa shape index (κ1) is 55.3. The molecule has 0 spiro atoms. The van der Waals surface area contributed by atoms with E-state index >= 15 is 9.13 Å². The highest BCUT2D eigenvalue weighted by molar-refractivity contribution is 7.55. The van der Waals surface area contributed by atoms with Gasteiger partial charge in [0, 0.05) is 5.41 Å². The molecular weight excluding hydrogens is 1020 g/mol. The Hall–Kier alpha value is -6.98. The van der Waals surface area contributed by atoms with Gasteiger partial charge in [0.1, 0.15) is 46.0 Å². The molecule has 8 aromatic rings. The molecule has 0 saturated heterocycles. The summed E-state index contributed by atoms with van der Waals surface area (Å²) in [6.07, 6.45) is 6.72. The summed E-state index contributed by atoms with van der Waals surface area (Å²) < 4.78 is 70.3. The van der Waals surface area contributed by atoms with Gasteiger partial charge in [0.25, 0.3) is 0 Å². The fourth-order valence-corrected chi connectivity index (χ4v) is 14.7. The molecule has 0 aromatic heterocycles. The number of aryl methyl sites for hydroxylation is 14. The molecule has 0 radical (unpaired) electrons. The maximum absolute atomic E-state index is 15.3. The monoisotopic (exact) mass is 1090 g/mol. The molecule has 8 aromatic carbocycles. The van der Waals surface area contributed by atoms with Crippen molar-refractivity contribution in [3.63, 3.8) is 0 Å². The summed E-state index contributed by atoms with van der Waals surface area (Å²) in [5.41, 5.74) is 16.2. The topological polar surface area (TPSA) is 89.5 Å². The summed E-state index contributed by atoms with van der Waals surface area (Å²) in [5, 5.41) is 0. The van der Waals surface area contributed by atoms with Crippen LogP contribution in [-0.2, 0) is 53.1 Å². The van der Waals surface area contributed by atoms with Crippen LogP contribution in [0.5, 0.6) is 46.0 Å². The van der Waals surface area contributed by atoms with E-state index in [4.69, 9.17) is 27.6 Å². The van der Waals surface area contributed by atoms with Gasteiger partial charge in [-0.05, 0) is 232 Å². The van der Waals surface area contributed by atoms with Crippen molar-refractivity contribution < 1.29 is 36.7 Å². The highest BCUT2D eigenvalue weighted by atomic mass is 31.2. The number of hydrogen-bond donors (Lipinski definition) is 0. The van der Waals surface area contributed by atoms with Crippen LogP contribution in [0.25, 0.3) is 0 Å². The van der Waals surface area contributed by atoms with E-state index in [0.29, 0.717) is 48.7 Å². The minimum Gasteiger partial charge on any atom is -0.457 e. The number of fused-ring (bicyclic) bond motifs is 2. The van der Waals surface area contributed by atoms with Crippen LogP contribution in [-0.4, -0.2) is 12.3 Å². The van der Waals surface area contributed by atoms with E-state index in [-0.39, 0.29) is 12.3 Å². The van der Waals surface area contributed by atoms with Gasteiger partial charge < -0.3 is 27.6 Å². The molecule has 79 heavy (non-hydrogen) atoms. The van der Waals surface area contributed by atoms with E-state index in [9.17, 15) is 0 Å². The summed E-state index contributed by atoms with van der Waals surface area (Å²) >= 11 is 0. The van der Waals surface area contributed by atoms with Crippen LogP contribution in [0.3, 0.4) is 0 Å². The molecule has 10 heteroatoms. The Morgan fingerprint density at radius 3 is 0.962 bits per heavy atom. The molecule has 408 valence electrons. The van der Waals surface area contributed by atoms with Crippen molar-refractivity contribution in [2.24, 2.45) is 0 Å². The maximum Gasteiger partial charge on any atom is 0.430 e. The molecule has 0 unspecified atom stereocenters. The third kappa shape index (κ3) is 12.4. The van der Waals surface area contributed by atoms with Crippen LogP contribution in [0, 0.1) is 55.4 Å². The zero-order valence-corrected chi connectivity index (χ0v) is 49.4. The average molecular weight is 1090 g/mol. The molecule has 0 atom stereocenters. The summed E-state index contributed by atoms with van der Waals surface area (Å²) in [6, 6.07) is 49.5. The van der Waals surface area contributed by atoms with Crippen LogP contribution in [0.4, 0.5) is 0 Å². The van der Waals surface area contributed by atoms with Crippen LogP contribution >= 0.6 is 15.2 Å². The summed E-state index contributed by atoms with van der Waals surface area (Å²) in [6.45, 7) is 20.3. The van der Waals surface area contributed by atoms with Gasteiger partial charge in [-0.3, -0.25) is 0 Å². The quantitative estimate of drug-likeness (QED) is 0.0620. The van der Waals surface area contributed by atoms with Gasteiger partial charge in [-0.15, -0.1) is 0 Å². The SMILES string of the molecule is Cc1cccc(C)c1OP(=O)(CCCc1cc(C(C)(C)c2ccc(Oc3ccc4c(c3)CC4)c(CCCP(=O)(Oc3c(C)cccc3C)Oc3c(C)cccc3C)c2)ccc1Oc1ccc2c(c1)CC2)Oc1c(C)cccc1C. The number of benzene rings is 8. The van der Waals surface area contributed by atoms with Crippen molar-refractivity contribution in [1.29, 1.82) is 0 Å². The second kappa shape index (κ2) is 23.0. The Labute approximate surface area is 468 Å². The fourth-order valence-electron chi connectivity index (χ4n) is 10.9. The van der Waals surface area contributed by atoms with Crippen molar-refractivity contribution in [3.8, 4) is 46.0 Å². The van der Waals surface area contributed by atoms with Crippen molar-refractivity contribution in [2.75, 3.05) is 12.3 Å². The highest BCUT2D eigenvalue weighted by Gasteiger charge is 2.34. The predicted molar refractivity (Wildman–Crippen MR) is 321 cm³/mol. The first-order valence-corrected chi connectivity index (χ1v) is 31.4. The molecule has 10 rings (SSSR count). The Morgan fingerprint density at radius 2 is 0.684 bits per heavy atom. The maximum atomic E-state index is 15.3. The van der Waals surface area contributed by atoms with Gasteiger partial charge in [-0.1, -0.05) is 123 Å². The summed E-state index contributed by atoms with van der Waals surface area (Å²) in [5.74, 6) is 5.44. The third-order valence-electron chi connectivity index (χ3n) is 16.0. The van der Waals surface area contributed by atoms with E-state index in [1.807, 2.05) is 128 Å². The van der Waals surface area contributed by atoms with Crippen LogP contribution in [0.1, 0.15) is 116 Å². The molecule has 0 heterocycles. The van der Waals surface area contributed by atoms with Crippen LogP contribution < -0.4 is 27.6 Å². The van der Waals surface area contributed by atoms with Gasteiger partial charge in [0.2, 0.25) is 0 Å². The number of hydrogen-bond acceptors (Lipinski definition) is 8. The molecule has 0 aliphatic heterocycles. The smallest absolute Gasteiger partial charge is 0.430 e. The van der Waals surface area contributed by atoms with Crippen LogP contribution in [0.2, 0.25) is 0 Å². The lowest BCUT2D eigenvalue weighted by atomic mass is 9.76. The van der Waals surface area contributed by atoms with Gasteiger partial charge in [-0.25, -0.2) is 9.13 Å². The Bertz CT molecular complexity index is 3250. The second-order valence-electron chi connectivity index (χ2n) is 22.5. The highest BCUT2D eigenvalue weighted by Crippen LogP contribution is 2.54. The molecule has 2 aliphatic rings. The summed E-state index contributed by atoms with van der Waals surface area (Å²) in [4.78, 5) is 0. The number of para-hydroxylation sites is 4. The Kier molecular flexibility index (Phi) is 16.1. The minimum atomic E-state index is -3.78. The van der Waals surface area contributed by atoms with E-state index in [1.165, 1.54) is 22.3 Å². The van der Waals surface area contributed by atoms with Crippen molar-refractivity contribution >= 4 is 15.2 Å². The molecule has 8 nitrogen and oxygen atoms in total. The molecule has 0 saturated carbocycles.